The number of hydrogen-bond donors (Lipinski definition) is 2. The maximum absolute atomic E-state index is 12.0. The van der Waals surface area contributed by atoms with Crippen LogP contribution in [0.1, 0.15) is 29.5 Å². The van der Waals surface area contributed by atoms with E-state index in [-0.39, 0.29) is 12.5 Å². The Bertz CT molecular complexity index is 798. The molecule has 1 fully saturated rings. The van der Waals surface area contributed by atoms with Crippen molar-refractivity contribution in [2.24, 2.45) is 11.7 Å². The van der Waals surface area contributed by atoms with E-state index in [0.717, 1.165) is 43.5 Å². The monoisotopic (exact) mass is 362 g/mol. The summed E-state index contributed by atoms with van der Waals surface area (Å²) in [5.74, 6) is 6.80. The molecule has 27 heavy (non-hydrogen) atoms. The molecule has 1 heterocycles. The Morgan fingerprint density at radius 1 is 1.04 bits per heavy atom. The van der Waals surface area contributed by atoms with Gasteiger partial charge in [-0.3, -0.25) is 4.79 Å². The smallest absolute Gasteiger partial charge is 0.241 e. The molecule has 1 amide bonds. The normalized spacial score (nSPS) is 15.7. The minimum atomic E-state index is -0.786. The summed E-state index contributed by atoms with van der Waals surface area (Å²) >= 11 is 0. The van der Waals surface area contributed by atoms with Crippen molar-refractivity contribution < 1.29 is 9.90 Å². The van der Waals surface area contributed by atoms with Crippen molar-refractivity contribution in [2.45, 2.75) is 25.3 Å². The lowest BCUT2D eigenvalue weighted by molar-refractivity contribution is -0.134. The van der Waals surface area contributed by atoms with Crippen LogP contribution >= 0.6 is 0 Å². The van der Waals surface area contributed by atoms with Crippen molar-refractivity contribution in [2.75, 3.05) is 19.7 Å². The number of carbonyl (C=O) groups is 1. The van der Waals surface area contributed by atoms with Crippen LogP contribution < -0.4 is 5.73 Å². The van der Waals surface area contributed by atoms with E-state index >= 15 is 0 Å². The lowest BCUT2D eigenvalue weighted by Crippen LogP contribution is -2.48. The molecule has 1 saturated heterocycles. The van der Waals surface area contributed by atoms with Gasteiger partial charge in [0.1, 0.15) is 6.04 Å². The maximum atomic E-state index is 12.0. The molecule has 3 rings (SSSR count). The van der Waals surface area contributed by atoms with Gasteiger partial charge >= 0.3 is 0 Å². The quantitative estimate of drug-likeness (QED) is 0.820. The SMILES string of the molecule is N[C@H](CO)C(=O)N1CCC(Cc2ccc(C#Cc3ccccc3)cc2)CC1. The Hall–Kier alpha value is -2.61. The summed E-state index contributed by atoms with van der Waals surface area (Å²) in [5, 5.41) is 9.03. The number of amides is 1. The average Bonchev–Trinajstić information content (AvgIpc) is 2.73. The largest absolute Gasteiger partial charge is 0.394 e. The number of piperidine rings is 1. The molecule has 140 valence electrons. The van der Waals surface area contributed by atoms with Gasteiger partial charge in [-0.2, -0.15) is 0 Å². The number of benzene rings is 2. The van der Waals surface area contributed by atoms with Gasteiger partial charge in [-0.25, -0.2) is 0 Å². The van der Waals surface area contributed by atoms with Gasteiger partial charge in [0, 0.05) is 24.2 Å². The number of rotatable bonds is 4. The first-order chi connectivity index (χ1) is 13.2. The fraction of sp³-hybridized carbons (Fsp3) is 0.348. The van der Waals surface area contributed by atoms with Gasteiger partial charge in [0.05, 0.1) is 6.61 Å². The highest BCUT2D eigenvalue weighted by atomic mass is 16.3. The molecule has 0 aromatic heterocycles. The van der Waals surface area contributed by atoms with E-state index in [4.69, 9.17) is 10.8 Å². The van der Waals surface area contributed by atoms with E-state index in [0.29, 0.717) is 5.92 Å². The molecule has 2 aromatic carbocycles. The number of aliphatic hydroxyl groups excluding tert-OH is 1. The highest BCUT2D eigenvalue weighted by Crippen LogP contribution is 2.22. The molecule has 0 bridgehead atoms. The third-order valence-electron chi connectivity index (χ3n) is 5.04. The summed E-state index contributed by atoms with van der Waals surface area (Å²) in [6.45, 7) is 1.15. The molecule has 0 unspecified atom stereocenters. The molecule has 0 aliphatic carbocycles. The van der Waals surface area contributed by atoms with Crippen molar-refractivity contribution in [1.82, 2.24) is 4.90 Å². The van der Waals surface area contributed by atoms with Crippen molar-refractivity contribution in [1.29, 1.82) is 0 Å². The first-order valence-electron chi connectivity index (χ1n) is 9.47. The zero-order chi connectivity index (χ0) is 19.1. The molecule has 4 heteroatoms. The lowest BCUT2D eigenvalue weighted by Gasteiger charge is -2.33. The second-order valence-electron chi connectivity index (χ2n) is 7.07. The Morgan fingerprint density at radius 2 is 1.63 bits per heavy atom. The van der Waals surface area contributed by atoms with E-state index in [1.54, 1.807) is 4.90 Å². The van der Waals surface area contributed by atoms with E-state index in [2.05, 4.69) is 36.1 Å². The molecule has 0 radical (unpaired) electrons. The molecular formula is C23H26N2O2. The maximum Gasteiger partial charge on any atom is 0.241 e. The molecule has 1 aliphatic rings. The van der Waals surface area contributed by atoms with Gasteiger partial charge in [-0.15, -0.1) is 0 Å². The third-order valence-corrected chi connectivity index (χ3v) is 5.04. The number of hydrogen-bond acceptors (Lipinski definition) is 3. The van der Waals surface area contributed by atoms with E-state index in [1.165, 1.54) is 5.56 Å². The predicted octanol–water partition coefficient (Wildman–Crippen LogP) is 2.19. The van der Waals surface area contributed by atoms with Gasteiger partial charge in [-0.05, 0) is 55.0 Å². The van der Waals surface area contributed by atoms with Crippen LogP contribution in [0.4, 0.5) is 0 Å². The predicted molar refractivity (Wildman–Crippen MR) is 107 cm³/mol. The molecule has 0 saturated carbocycles. The Kier molecular flexibility index (Phi) is 6.64. The first-order valence-corrected chi connectivity index (χ1v) is 9.47. The average molecular weight is 362 g/mol. The molecule has 2 aromatic rings. The second kappa shape index (κ2) is 9.36. The highest BCUT2D eigenvalue weighted by Gasteiger charge is 2.25. The Balaban J connectivity index is 1.51. The number of nitrogens with two attached hydrogens (primary N) is 1. The van der Waals surface area contributed by atoms with Gasteiger partial charge in [0.15, 0.2) is 0 Å². The van der Waals surface area contributed by atoms with Crippen molar-refractivity contribution in [3.63, 3.8) is 0 Å². The number of aliphatic hydroxyl groups is 1. The van der Waals surface area contributed by atoms with Crippen LogP contribution in [0.2, 0.25) is 0 Å². The summed E-state index contributed by atoms with van der Waals surface area (Å²) in [4.78, 5) is 13.8. The van der Waals surface area contributed by atoms with Crippen molar-refractivity contribution >= 4 is 5.91 Å². The third kappa shape index (κ3) is 5.43. The van der Waals surface area contributed by atoms with Crippen LogP contribution in [-0.4, -0.2) is 41.7 Å². The van der Waals surface area contributed by atoms with Gasteiger partial charge in [0.2, 0.25) is 5.91 Å². The molecular weight excluding hydrogens is 336 g/mol. The summed E-state index contributed by atoms with van der Waals surface area (Å²) in [5.41, 5.74) is 8.96. The van der Waals surface area contributed by atoms with E-state index in [9.17, 15) is 4.79 Å². The van der Waals surface area contributed by atoms with E-state index < -0.39 is 6.04 Å². The topological polar surface area (TPSA) is 66.6 Å². The van der Waals surface area contributed by atoms with Crippen LogP contribution in [0.25, 0.3) is 0 Å². The van der Waals surface area contributed by atoms with Crippen LogP contribution in [0.5, 0.6) is 0 Å². The Morgan fingerprint density at radius 3 is 2.22 bits per heavy atom. The fourth-order valence-corrected chi connectivity index (χ4v) is 3.39. The zero-order valence-corrected chi connectivity index (χ0v) is 15.5. The van der Waals surface area contributed by atoms with Gasteiger partial charge < -0.3 is 15.7 Å². The molecule has 4 nitrogen and oxygen atoms in total. The summed E-state index contributed by atoms with van der Waals surface area (Å²) in [6.07, 6.45) is 2.96. The van der Waals surface area contributed by atoms with Crippen LogP contribution in [-0.2, 0) is 11.2 Å². The molecule has 1 atom stereocenters. The minimum absolute atomic E-state index is 0.141. The summed E-state index contributed by atoms with van der Waals surface area (Å²) in [7, 11) is 0. The van der Waals surface area contributed by atoms with Crippen molar-refractivity contribution in [3.05, 3.63) is 71.3 Å². The number of nitrogens with zero attached hydrogens (tertiary/aromatic N) is 1. The number of carbonyl (C=O) groups excluding carboxylic acids is 1. The van der Waals surface area contributed by atoms with Gasteiger partial charge in [-0.1, -0.05) is 42.2 Å². The molecule has 1 aliphatic heterocycles. The minimum Gasteiger partial charge on any atom is -0.394 e. The first kappa shape index (κ1) is 19.2. The Labute approximate surface area is 161 Å². The van der Waals surface area contributed by atoms with Crippen molar-refractivity contribution in [3.8, 4) is 11.8 Å². The van der Waals surface area contributed by atoms with E-state index in [1.807, 2.05) is 30.3 Å². The zero-order valence-electron chi connectivity index (χ0n) is 15.5. The van der Waals surface area contributed by atoms with Gasteiger partial charge in [0.25, 0.3) is 0 Å². The standard InChI is InChI=1S/C23H26N2O2/c24-22(17-26)23(27)25-14-12-21(13-15-25)16-20-10-8-19(9-11-20)7-6-18-4-2-1-3-5-18/h1-5,8-11,21-22,26H,12-17,24H2/t22-/m1/s1. The molecule has 0 spiro atoms. The lowest BCUT2D eigenvalue weighted by atomic mass is 9.89. The van der Waals surface area contributed by atoms with Crippen LogP contribution in [0, 0.1) is 17.8 Å². The summed E-state index contributed by atoms with van der Waals surface area (Å²) in [6, 6.07) is 17.6. The van der Waals surface area contributed by atoms with Crippen LogP contribution in [0.15, 0.2) is 54.6 Å². The fourth-order valence-electron chi connectivity index (χ4n) is 3.39. The number of likely N-dealkylation sites (tertiary alicyclic amines) is 1. The highest BCUT2D eigenvalue weighted by molar-refractivity contribution is 5.81. The van der Waals surface area contributed by atoms with Crippen LogP contribution in [0.3, 0.4) is 0 Å². The second-order valence-corrected chi connectivity index (χ2v) is 7.07. The summed E-state index contributed by atoms with van der Waals surface area (Å²) < 4.78 is 0. The molecule has 3 N–H and O–H groups in total.